The molecular formula is C31H39F2N9O2. The minimum absolute atomic E-state index is 0.347. The van der Waals surface area contributed by atoms with Crippen LogP contribution in [-0.2, 0) is 9.53 Å². The predicted molar refractivity (Wildman–Crippen MR) is 166 cm³/mol. The van der Waals surface area contributed by atoms with Crippen LogP contribution in [0, 0.1) is 12.9 Å². The van der Waals surface area contributed by atoms with Crippen molar-refractivity contribution in [1.82, 2.24) is 34.9 Å². The van der Waals surface area contributed by atoms with Crippen LogP contribution in [0.5, 0.6) is 0 Å². The van der Waals surface area contributed by atoms with Crippen molar-refractivity contribution in [3.05, 3.63) is 78.6 Å². The first-order valence-corrected chi connectivity index (χ1v) is 14.4. The van der Waals surface area contributed by atoms with Crippen LogP contribution >= 0.6 is 0 Å². The molecular weight excluding hydrogens is 568 g/mol. The number of halogens is 2. The van der Waals surface area contributed by atoms with E-state index >= 15 is 0 Å². The van der Waals surface area contributed by atoms with Gasteiger partial charge in [0.15, 0.2) is 0 Å². The standard InChI is InChI=1S/C18H19FN6.C8H16N2O2.C5H4FN/c1-12-16(13-8-21-18(22-9-13)24-10-14(19)11-24)23-25(17(12)20-2)15-6-4-3-5-7-15;1-12-5-4-10-3-2-8(6-10)9-7-11;6-5-3-1-2-4-7-5/h3-9,14,20H,10-11H2,1-2H3;7-8H,2-6H2,1H3,(H,9,11);1-4H. The number of nitrogens with one attached hydrogen (secondary N) is 2. The monoisotopic (exact) mass is 607 g/mol. The van der Waals surface area contributed by atoms with Crippen molar-refractivity contribution in [3.63, 3.8) is 0 Å². The number of hydrogen-bond acceptors (Lipinski definition) is 9. The number of nitrogens with zero attached hydrogens (tertiary/aromatic N) is 7. The molecule has 0 spiro atoms. The highest BCUT2D eigenvalue weighted by atomic mass is 19.1. The van der Waals surface area contributed by atoms with Crippen molar-refractivity contribution in [1.29, 1.82) is 0 Å². The van der Waals surface area contributed by atoms with Gasteiger partial charge in [0.1, 0.15) is 17.7 Å². The van der Waals surface area contributed by atoms with Gasteiger partial charge in [-0.25, -0.2) is 24.0 Å². The second-order valence-corrected chi connectivity index (χ2v) is 10.3. The molecule has 0 saturated carbocycles. The molecule has 0 radical (unpaired) electrons. The lowest BCUT2D eigenvalue weighted by molar-refractivity contribution is -0.110. The van der Waals surface area contributed by atoms with Gasteiger partial charge in [0.2, 0.25) is 18.3 Å². The van der Waals surface area contributed by atoms with Gasteiger partial charge >= 0.3 is 0 Å². The molecule has 0 aliphatic carbocycles. The predicted octanol–water partition coefficient (Wildman–Crippen LogP) is 3.51. The number of para-hydroxylation sites is 1. The van der Waals surface area contributed by atoms with E-state index in [9.17, 15) is 13.6 Å². The maximum atomic E-state index is 13.0. The first kappa shape index (κ1) is 32.4. The average molecular weight is 608 g/mol. The number of carbonyl (C=O) groups is 1. The number of amides is 1. The summed E-state index contributed by atoms with van der Waals surface area (Å²) in [7, 11) is 3.58. The van der Waals surface area contributed by atoms with E-state index in [1.807, 2.05) is 53.9 Å². The molecule has 2 aliphatic heterocycles. The second-order valence-electron chi connectivity index (χ2n) is 10.3. The van der Waals surface area contributed by atoms with E-state index in [1.165, 1.54) is 12.3 Å². The zero-order valence-corrected chi connectivity index (χ0v) is 25.2. The van der Waals surface area contributed by atoms with Gasteiger partial charge in [-0.15, -0.1) is 0 Å². The number of carbonyl (C=O) groups excluding carboxylic acids is 1. The Hall–Kier alpha value is -4.49. The van der Waals surface area contributed by atoms with Crippen LogP contribution in [0.1, 0.15) is 12.0 Å². The molecule has 4 aromatic rings. The molecule has 11 nitrogen and oxygen atoms in total. The molecule has 234 valence electrons. The number of rotatable bonds is 9. The van der Waals surface area contributed by atoms with E-state index in [-0.39, 0.29) is 0 Å². The molecule has 13 heteroatoms. The number of ether oxygens (including phenoxy) is 1. The number of hydrogen-bond donors (Lipinski definition) is 2. The summed E-state index contributed by atoms with van der Waals surface area (Å²) in [6, 6.07) is 14.9. The Labute approximate surface area is 256 Å². The molecule has 1 amide bonds. The van der Waals surface area contributed by atoms with Crippen molar-refractivity contribution in [2.75, 3.05) is 63.7 Å². The molecule has 5 heterocycles. The smallest absolute Gasteiger partial charge is 0.225 e. The highest BCUT2D eigenvalue weighted by Crippen LogP contribution is 2.30. The van der Waals surface area contributed by atoms with Gasteiger partial charge < -0.3 is 20.3 Å². The highest BCUT2D eigenvalue weighted by molar-refractivity contribution is 5.69. The Kier molecular flexibility index (Phi) is 12.1. The summed E-state index contributed by atoms with van der Waals surface area (Å²) < 4.78 is 31.6. The molecule has 1 aromatic carbocycles. The molecule has 2 aliphatic rings. The summed E-state index contributed by atoms with van der Waals surface area (Å²) in [5, 5.41) is 10.7. The van der Waals surface area contributed by atoms with Gasteiger partial charge in [0.05, 0.1) is 25.4 Å². The van der Waals surface area contributed by atoms with Crippen LogP contribution < -0.4 is 15.5 Å². The number of anilines is 2. The summed E-state index contributed by atoms with van der Waals surface area (Å²) in [5.41, 5.74) is 3.67. The molecule has 0 bridgehead atoms. The third kappa shape index (κ3) is 8.77. The van der Waals surface area contributed by atoms with Crippen LogP contribution in [0.4, 0.5) is 20.5 Å². The second kappa shape index (κ2) is 16.4. The lowest BCUT2D eigenvalue weighted by Gasteiger charge is -2.34. The van der Waals surface area contributed by atoms with E-state index in [2.05, 4.69) is 30.5 Å². The summed E-state index contributed by atoms with van der Waals surface area (Å²) in [6.07, 6.45) is 5.98. The molecule has 2 fully saturated rings. The number of likely N-dealkylation sites (tertiary alicyclic amines) is 1. The minimum atomic E-state index is -0.773. The largest absolute Gasteiger partial charge is 0.383 e. The third-order valence-electron chi connectivity index (χ3n) is 7.21. The van der Waals surface area contributed by atoms with Crippen molar-refractivity contribution in [2.45, 2.75) is 25.6 Å². The normalized spacial score (nSPS) is 16.2. The Morgan fingerprint density at radius 3 is 2.34 bits per heavy atom. The maximum absolute atomic E-state index is 13.0. The molecule has 3 aromatic heterocycles. The topological polar surface area (TPSA) is 113 Å². The Balaban J connectivity index is 0.000000192. The fraction of sp³-hybridized carbons (Fsp3) is 0.387. The third-order valence-corrected chi connectivity index (χ3v) is 7.21. The number of benzene rings is 1. The Morgan fingerprint density at radius 1 is 1.05 bits per heavy atom. The van der Waals surface area contributed by atoms with E-state index < -0.39 is 12.1 Å². The van der Waals surface area contributed by atoms with Crippen molar-refractivity contribution < 1.29 is 18.3 Å². The van der Waals surface area contributed by atoms with Gasteiger partial charge in [-0.3, -0.25) is 9.69 Å². The summed E-state index contributed by atoms with van der Waals surface area (Å²) in [5.74, 6) is 1.06. The average Bonchev–Trinajstić information content (AvgIpc) is 3.63. The fourth-order valence-electron chi connectivity index (χ4n) is 4.84. The SMILES string of the molecule is CNc1c(C)c(-c2cnc(N3CC(F)C3)nc2)nn1-c1ccccc1.COCCN1CCC(NC=O)C1.Fc1ccccn1. The van der Waals surface area contributed by atoms with E-state index in [1.54, 1.807) is 31.6 Å². The maximum Gasteiger partial charge on any atom is 0.225 e. The first-order chi connectivity index (χ1) is 21.4. The number of alkyl halides is 1. The zero-order chi connectivity index (χ0) is 31.3. The lowest BCUT2D eigenvalue weighted by Crippen LogP contribution is -2.49. The van der Waals surface area contributed by atoms with Gasteiger partial charge in [0.25, 0.3) is 0 Å². The first-order valence-electron chi connectivity index (χ1n) is 14.4. The number of methoxy groups -OCH3 is 1. The van der Waals surface area contributed by atoms with Crippen LogP contribution in [0.3, 0.4) is 0 Å². The molecule has 1 unspecified atom stereocenters. The van der Waals surface area contributed by atoms with Crippen LogP contribution in [0.25, 0.3) is 16.9 Å². The van der Waals surface area contributed by atoms with Crippen LogP contribution in [0.15, 0.2) is 67.1 Å². The molecule has 6 rings (SSSR count). The van der Waals surface area contributed by atoms with E-state index in [0.717, 1.165) is 67.4 Å². The van der Waals surface area contributed by atoms with Crippen molar-refractivity contribution in [3.8, 4) is 16.9 Å². The highest BCUT2D eigenvalue weighted by Gasteiger charge is 2.28. The van der Waals surface area contributed by atoms with Gasteiger partial charge in [-0.05, 0) is 37.6 Å². The van der Waals surface area contributed by atoms with Crippen LogP contribution in [0.2, 0.25) is 0 Å². The lowest BCUT2D eigenvalue weighted by atomic mass is 10.1. The Morgan fingerprint density at radius 2 is 1.77 bits per heavy atom. The quantitative estimate of drug-likeness (QED) is 0.218. The molecule has 44 heavy (non-hydrogen) atoms. The van der Waals surface area contributed by atoms with Crippen molar-refractivity contribution >= 4 is 18.2 Å². The zero-order valence-electron chi connectivity index (χ0n) is 25.2. The van der Waals surface area contributed by atoms with Gasteiger partial charge in [-0.1, -0.05) is 24.3 Å². The fourth-order valence-corrected chi connectivity index (χ4v) is 4.84. The Bertz CT molecular complexity index is 1420. The minimum Gasteiger partial charge on any atom is -0.383 e. The van der Waals surface area contributed by atoms with Gasteiger partial charge in [-0.2, -0.15) is 9.49 Å². The van der Waals surface area contributed by atoms with E-state index in [4.69, 9.17) is 9.84 Å². The summed E-state index contributed by atoms with van der Waals surface area (Å²) in [6.45, 7) is 6.51. The number of pyridine rings is 1. The van der Waals surface area contributed by atoms with Crippen LogP contribution in [-0.4, -0.2) is 102 Å². The summed E-state index contributed by atoms with van der Waals surface area (Å²) >= 11 is 0. The summed E-state index contributed by atoms with van der Waals surface area (Å²) in [4.78, 5) is 26.3. The molecule has 1 atom stereocenters. The van der Waals surface area contributed by atoms with Crippen molar-refractivity contribution in [2.24, 2.45) is 0 Å². The van der Waals surface area contributed by atoms with E-state index in [0.29, 0.717) is 25.1 Å². The number of aromatic nitrogens is 5. The molecule has 2 N–H and O–H groups in total. The van der Waals surface area contributed by atoms with Gasteiger partial charge in [0, 0.05) is 69.6 Å². The molecule has 2 saturated heterocycles.